The monoisotopic (exact) mass is 299 g/mol. The Morgan fingerprint density at radius 2 is 2.05 bits per heavy atom. The van der Waals surface area contributed by atoms with E-state index in [1.165, 1.54) is 0 Å². The second-order valence-corrected chi connectivity index (χ2v) is 4.81. The highest BCUT2D eigenvalue weighted by atomic mass is 16.6. The fourth-order valence-electron chi connectivity index (χ4n) is 2.20. The normalized spacial score (nSPS) is 16.0. The minimum Gasteiger partial charge on any atom is -0.494 e. The number of anilines is 1. The summed E-state index contributed by atoms with van der Waals surface area (Å²) in [6.07, 6.45) is -0.675. The van der Waals surface area contributed by atoms with Gasteiger partial charge in [-0.3, -0.25) is 4.79 Å². The fraction of sp³-hybridized carbons (Fsp3) is 0.235. The Morgan fingerprint density at radius 1 is 1.23 bits per heavy atom. The number of carbonyl (C=O) groups is 1. The maximum Gasteiger partial charge on any atom is 0.269 e. The van der Waals surface area contributed by atoms with E-state index in [2.05, 4.69) is 5.32 Å². The molecule has 2 aromatic rings. The van der Waals surface area contributed by atoms with Gasteiger partial charge in [-0.2, -0.15) is 0 Å². The molecule has 0 radical (unpaired) electrons. The zero-order chi connectivity index (χ0) is 15.4. The maximum absolute atomic E-state index is 12.3. The van der Waals surface area contributed by atoms with Crippen LogP contribution in [0.5, 0.6) is 17.2 Å². The minimum atomic E-state index is -0.675. The smallest absolute Gasteiger partial charge is 0.269 e. The van der Waals surface area contributed by atoms with Gasteiger partial charge in [0.2, 0.25) is 6.10 Å². The molecule has 0 spiro atoms. The molecule has 0 saturated carbocycles. The van der Waals surface area contributed by atoms with E-state index in [4.69, 9.17) is 14.2 Å². The predicted octanol–water partition coefficient (Wildman–Crippen LogP) is 2.86. The van der Waals surface area contributed by atoms with E-state index in [0.29, 0.717) is 29.5 Å². The molecule has 1 heterocycles. The third-order valence-electron chi connectivity index (χ3n) is 3.21. The Kier molecular flexibility index (Phi) is 4.14. The summed E-state index contributed by atoms with van der Waals surface area (Å²) in [6.45, 7) is 2.68. The van der Waals surface area contributed by atoms with Crippen LogP contribution in [-0.2, 0) is 4.79 Å². The number of benzene rings is 2. The molecule has 1 atom stereocenters. The number of ether oxygens (including phenoxy) is 3. The number of nitrogens with one attached hydrogen (secondary N) is 1. The first-order chi connectivity index (χ1) is 10.8. The lowest BCUT2D eigenvalue weighted by atomic mass is 10.2. The summed E-state index contributed by atoms with van der Waals surface area (Å²) in [7, 11) is 0. The summed E-state index contributed by atoms with van der Waals surface area (Å²) in [4.78, 5) is 12.3. The first-order valence-corrected chi connectivity index (χ1v) is 7.18. The molecule has 0 fully saturated rings. The number of amides is 1. The fourth-order valence-corrected chi connectivity index (χ4v) is 2.20. The van der Waals surface area contributed by atoms with E-state index in [1.54, 1.807) is 18.2 Å². The molecule has 1 aliphatic rings. The first-order valence-electron chi connectivity index (χ1n) is 7.18. The molecule has 1 amide bonds. The van der Waals surface area contributed by atoms with Gasteiger partial charge >= 0.3 is 0 Å². The Labute approximate surface area is 128 Å². The average Bonchev–Trinajstić information content (AvgIpc) is 2.55. The molecule has 2 aromatic carbocycles. The lowest BCUT2D eigenvalue weighted by Crippen LogP contribution is -2.40. The van der Waals surface area contributed by atoms with Crippen molar-refractivity contribution in [1.82, 2.24) is 0 Å². The number of hydrogen-bond donors (Lipinski definition) is 1. The number of rotatable bonds is 4. The van der Waals surface area contributed by atoms with Gasteiger partial charge in [-0.1, -0.05) is 18.2 Å². The lowest BCUT2D eigenvalue weighted by molar-refractivity contribution is -0.125. The summed E-state index contributed by atoms with van der Waals surface area (Å²) >= 11 is 0. The van der Waals surface area contributed by atoms with Gasteiger partial charge < -0.3 is 19.5 Å². The summed E-state index contributed by atoms with van der Waals surface area (Å²) in [5.74, 6) is 1.71. The molecule has 3 rings (SSSR count). The third kappa shape index (κ3) is 3.14. The second kappa shape index (κ2) is 6.39. The van der Waals surface area contributed by atoms with Crippen LogP contribution in [0.2, 0.25) is 0 Å². The maximum atomic E-state index is 12.3. The Morgan fingerprint density at radius 3 is 2.86 bits per heavy atom. The van der Waals surface area contributed by atoms with Crippen LogP contribution in [-0.4, -0.2) is 25.2 Å². The van der Waals surface area contributed by atoms with E-state index >= 15 is 0 Å². The van der Waals surface area contributed by atoms with Crippen molar-refractivity contribution < 1.29 is 19.0 Å². The quantitative estimate of drug-likeness (QED) is 0.943. The topological polar surface area (TPSA) is 56.8 Å². The van der Waals surface area contributed by atoms with Gasteiger partial charge in [0.1, 0.15) is 12.4 Å². The number of hydrogen-bond acceptors (Lipinski definition) is 4. The van der Waals surface area contributed by atoms with Crippen molar-refractivity contribution >= 4 is 11.6 Å². The van der Waals surface area contributed by atoms with E-state index < -0.39 is 6.10 Å². The van der Waals surface area contributed by atoms with Crippen LogP contribution in [0, 0.1) is 0 Å². The Balaban J connectivity index is 1.67. The van der Waals surface area contributed by atoms with Crippen LogP contribution in [0.15, 0.2) is 48.5 Å². The van der Waals surface area contributed by atoms with Gasteiger partial charge in [0.15, 0.2) is 11.5 Å². The van der Waals surface area contributed by atoms with Gasteiger partial charge in [0, 0.05) is 11.8 Å². The van der Waals surface area contributed by atoms with Crippen molar-refractivity contribution in [2.24, 2.45) is 0 Å². The van der Waals surface area contributed by atoms with Gasteiger partial charge in [-0.25, -0.2) is 0 Å². The first kappa shape index (κ1) is 14.3. The SMILES string of the molecule is CCOc1cccc(NC(=O)C2COc3ccccc3O2)c1. The lowest BCUT2D eigenvalue weighted by Gasteiger charge is -2.25. The summed E-state index contributed by atoms with van der Waals surface area (Å²) in [5, 5.41) is 2.82. The Bertz CT molecular complexity index is 671. The molecule has 0 aromatic heterocycles. The number of fused-ring (bicyclic) bond motifs is 1. The average molecular weight is 299 g/mol. The summed E-state index contributed by atoms with van der Waals surface area (Å²) < 4.78 is 16.6. The van der Waals surface area contributed by atoms with Crippen molar-refractivity contribution in [2.75, 3.05) is 18.5 Å². The number of carbonyl (C=O) groups excluding carboxylic acids is 1. The molecule has 1 N–H and O–H groups in total. The van der Waals surface area contributed by atoms with Crippen LogP contribution in [0.1, 0.15) is 6.92 Å². The van der Waals surface area contributed by atoms with Gasteiger partial charge in [-0.05, 0) is 31.2 Å². The molecule has 22 heavy (non-hydrogen) atoms. The van der Waals surface area contributed by atoms with Crippen LogP contribution in [0.3, 0.4) is 0 Å². The zero-order valence-corrected chi connectivity index (χ0v) is 12.2. The zero-order valence-electron chi connectivity index (χ0n) is 12.2. The van der Waals surface area contributed by atoms with Gasteiger partial charge in [0.05, 0.1) is 6.61 Å². The molecule has 114 valence electrons. The molecule has 1 unspecified atom stereocenters. The van der Waals surface area contributed by atoms with Crippen LogP contribution >= 0.6 is 0 Å². The van der Waals surface area contributed by atoms with Crippen molar-refractivity contribution in [3.05, 3.63) is 48.5 Å². The van der Waals surface area contributed by atoms with Crippen molar-refractivity contribution in [1.29, 1.82) is 0 Å². The predicted molar refractivity (Wildman–Crippen MR) is 82.6 cm³/mol. The molecule has 0 saturated heterocycles. The van der Waals surface area contributed by atoms with Crippen LogP contribution in [0.4, 0.5) is 5.69 Å². The molecule has 5 heteroatoms. The van der Waals surface area contributed by atoms with Crippen molar-refractivity contribution in [2.45, 2.75) is 13.0 Å². The van der Waals surface area contributed by atoms with Crippen LogP contribution in [0.25, 0.3) is 0 Å². The van der Waals surface area contributed by atoms with E-state index in [0.717, 1.165) is 0 Å². The van der Waals surface area contributed by atoms with Crippen molar-refractivity contribution in [3.8, 4) is 17.2 Å². The highest BCUT2D eigenvalue weighted by Crippen LogP contribution is 2.31. The van der Waals surface area contributed by atoms with E-state index in [9.17, 15) is 4.79 Å². The van der Waals surface area contributed by atoms with Crippen molar-refractivity contribution in [3.63, 3.8) is 0 Å². The second-order valence-electron chi connectivity index (χ2n) is 4.81. The highest BCUT2D eigenvalue weighted by Gasteiger charge is 2.27. The number of para-hydroxylation sites is 2. The summed E-state index contributed by atoms with van der Waals surface area (Å²) in [5.41, 5.74) is 0.665. The standard InChI is InChI=1S/C17H17NO4/c1-2-20-13-7-5-6-12(10-13)18-17(19)16-11-21-14-8-3-4-9-15(14)22-16/h3-10,16H,2,11H2,1H3,(H,18,19). The van der Waals surface area contributed by atoms with E-state index in [-0.39, 0.29) is 12.5 Å². The Hall–Kier alpha value is -2.69. The molecule has 1 aliphatic heterocycles. The molecule has 0 bridgehead atoms. The largest absolute Gasteiger partial charge is 0.494 e. The molecular formula is C17H17NO4. The van der Waals surface area contributed by atoms with Crippen LogP contribution < -0.4 is 19.5 Å². The minimum absolute atomic E-state index is 0.188. The third-order valence-corrected chi connectivity index (χ3v) is 3.21. The summed E-state index contributed by atoms with van der Waals surface area (Å²) in [6, 6.07) is 14.6. The molecule has 0 aliphatic carbocycles. The highest BCUT2D eigenvalue weighted by molar-refractivity contribution is 5.94. The molecule has 5 nitrogen and oxygen atoms in total. The van der Waals surface area contributed by atoms with E-state index in [1.807, 2.05) is 37.3 Å². The van der Waals surface area contributed by atoms with Gasteiger partial charge in [0.25, 0.3) is 5.91 Å². The van der Waals surface area contributed by atoms with Gasteiger partial charge in [-0.15, -0.1) is 0 Å². The molecular weight excluding hydrogens is 282 g/mol.